The summed E-state index contributed by atoms with van der Waals surface area (Å²) in [4.78, 5) is 34.9. The highest BCUT2D eigenvalue weighted by Crippen LogP contribution is 2.52. The quantitative estimate of drug-likeness (QED) is 0.278. The molecule has 1 aromatic carbocycles. The van der Waals surface area contributed by atoms with Crippen LogP contribution in [0.4, 0.5) is 0 Å². The average molecular weight is 607 g/mol. The summed E-state index contributed by atoms with van der Waals surface area (Å²) in [6.45, 7) is 13.5. The number of esters is 1. The number of ether oxygens (including phenoxy) is 4. The molecule has 5 rings (SSSR count). The van der Waals surface area contributed by atoms with Crippen LogP contribution in [0.2, 0.25) is 0 Å². The molecule has 1 aliphatic carbocycles. The summed E-state index contributed by atoms with van der Waals surface area (Å²) >= 11 is 0. The molecule has 8 heteroatoms. The van der Waals surface area contributed by atoms with Crippen LogP contribution in [-0.4, -0.2) is 60.3 Å². The lowest BCUT2D eigenvalue weighted by Gasteiger charge is -2.35. The Morgan fingerprint density at radius 3 is 2.45 bits per heavy atom. The Labute approximate surface area is 262 Å². The number of carbonyl (C=O) groups excluding carboxylic acids is 2. The first-order valence-corrected chi connectivity index (χ1v) is 16.4. The molecule has 0 radical (unpaired) electrons. The van der Waals surface area contributed by atoms with Crippen LogP contribution in [-0.2, 0) is 30.4 Å². The van der Waals surface area contributed by atoms with Gasteiger partial charge in [-0.2, -0.15) is 0 Å². The molecule has 3 heterocycles. The minimum absolute atomic E-state index is 0.171. The van der Waals surface area contributed by atoms with Crippen molar-refractivity contribution in [2.45, 2.75) is 116 Å². The lowest BCUT2D eigenvalue weighted by atomic mass is 9.73. The summed E-state index contributed by atoms with van der Waals surface area (Å²) in [6.07, 6.45) is 5.83. The molecule has 44 heavy (non-hydrogen) atoms. The van der Waals surface area contributed by atoms with E-state index in [1.165, 1.54) is 24.8 Å². The van der Waals surface area contributed by atoms with Gasteiger partial charge in [-0.25, -0.2) is 9.78 Å². The first kappa shape index (κ1) is 32.4. The Hall–Kier alpha value is -2.97. The van der Waals surface area contributed by atoms with Gasteiger partial charge in [0.25, 0.3) is 5.91 Å². The van der Waals surface area contributed by atoms with Crippen LogP contribution in [0.3, 0.4) is 0 Å². The van der Waals surface area contributed by atoms with Gasteiger partial charge >= 0.3 is 5.97 Å². The van der Waals surface area contributed by atoms with Crippen LogP contribution >= 0.6 is 0 Å². The lowest BCUT2D eigenvalue weighted by Crippen LogP contribution is -2.50. The summed E-state index contributed by atoms with van der Waals surface area (Å²) < 4.78 is 24.3. The van der Waals surface area contributed by atoms with Crippen LogP contribution in [0.5, 0.6) is 5.88 Å². The fourth-order valence-corrected chi connectivity index (χ4v) is 7.33. The number of pyridine rings is 1. The van der Waals surface area contributed by atoms with E-state index in [9.17, 15) is 9.59 Å². The number of benzene rings is 1. The van der Waals surface area contributed by atoms with Gasteiger partial charge in [0.1, 0.15) is 12.1 Å². The molecule has 2 aliphatic heterocycles. The maximum Gasteiger partial charge on any atom is 0.329 e. The van der Waals surface area contributed by atoms with E-state index in [1.54, 1.807) is 18.9 Å². The van der Waals surface area contributed by atoms with E-state index in [0.29, 0.717) is 24.8 Å². The molecule has 3 fully saturated rings. The van der Waals surface area contributed by atoms with Crippen molar-refractivity contribution in [2.75, 3.05) is 20.3 Å². The summed E-state index contributed by atoms with van der Waals surface area (Å²) in [6, 6.07) is 9.05. The molecule has 5 atom stereocenters. The summed E-state index contributed by atoms with van der Waals surface area (Å²) in [5.74, 6) is 0.320. The lowest BCUT2D eigenvalue weighted by molar-refractivity contribution is -0.160. The number of hydrogen-bond acceptors (Lipinski definition) is 7. The van der Waals surface area contributed by atoms with E-state index in [0.717, 1.165) is 23.1 Å². The maximum absolute atomic E-state index is 14.5. The van der Waals surface area contributed by atoms with E-state index in [4.69, 9.17) is 18.9 Å². The minimum Gasteiger partial charge on any atom is -0.481 e. The predicted octanol–water partition coefficient (Wildman–Crippen LogP) is 6.72. The summed E-state index contributed by atoms with van der Waals surface area (Å²) in [5.41, 5.74) is 3.79. The van der Waals surface area contributed by atoms with Crippen molar-refractivity contribution in [3.63, 3.8) is 0 Å². The zero-order chi connectivity index (χ0) is 31.6. The molecule has 2 saturated heterocycles. The van der Waals surface area contributed by atoms with Gasteiger partial charge in [0.2, 0.25) is 5.88 Å². The van der Waals surface area contributed by atoms with Crippen molar-refractivity contribution in [1.29, 1.82) is 0 Å². The molecule has 1 aromatic heterocycles. The van der Waals surface area contributed by atoms with E-state index in [2.05, 4.69) is 57.8 Å². The van der Waals surface area contributed by atoms with Crippen LogP contribution in [0.15, 0.2) is 36.5 Å². The third-order valence-corrected chi connectivity index (χ3v) is 9.68. The molecule has 1 amide bonds. The van der Waals surface area contributed by atoms with Crippen molar-refractivity contribution < 1.29 is 28.5 Å². The highest BCUT2D eigenvalue weighted by molar-refractivity contribution is 5.89. The topological polar surface area (TPSA) is 87.2 Å². The highest BCUT2D eigenvalue weighted by Gasteiger charge is 2.60. The van der Waals surface area contributed by atoms with E-state index >= 15 is 0 Å². The zero-order valence-corrected chi connectivity index (χ0v) is 27.5. The minimum atomic E-state index is -0.830. The first-order valence-electron chi connectivity index (χ1n) is 16.4. The molecule has 8 nitrogen and oxygen atoms in total. The molecule has 3 aliphatic rings. The monoisotopic (exact) mass is 606 g/mol. The Kier molecular flexibility index (Phi) is 10.0. The second-order valence-corrected chi connectivity index (χ2v) is 13.9. The second-order valence-electron chi connectivity index (χ2n) is 13.9. The van der Waals surface area contributed by atoms with Crippen molar-refractivity contribution in [3.8, 4) is 5.88 Å². The van der Waals surface area contributed by atoms with Gasteiger partial charge in [0, 0.05) is 24.3 Å². The number of hydrogen-bond donors (Lipinski definition) is 0. The van der Waals surface area contributed by atoms with E-state index < -0.39 is 35.7 Å². The summed E-state index contributed by atoms with van der Waals surface area (Å²) in [7, 11) is 1.63. The first-order chi connectivity index (χ1) is 21.1. The predicted molar refractivity (Wildman–Crippen MR) is 168 cm³/mol. The number of aromatic nitrogens is 1. The average Bonchev–Trinajstić information content (AvgIpc) is 3.62. The van der Waals surface area contributed by atoms with Gasteiger partial charge in [-0.3, -0.25) is 4.79 Å². The van der Waals surface area contributed by atoms with E-state index in [1.807, 2.05) is 18.3 Å². The molecule has 2 aromatic rings. The number of likely N-dealkylation sites (tertiary alicyclic amines) is 1. The van der Waals surface area contributed by atoms with Crippen LogP contribution < -0.4 is 4.74 Å². The number of rotatable bonds is 10. The van der Waals surface area contributed by atoms with Crippen molar-refractivity contribution in [1.82, 2.24) is 9.88 Å². The number of methoxy groups -OCH3 is 1. The summed E-state index contributed by atoms with van der Waals surface area (Å²) in [5, 5.41) is 0. The fourth-order valence-electron chi connectivity index (χ4n) is 7.33. The maximum atomic E-state index is 14.5. The van der Waals surface area contributed by atoms with Gasteiger partial charge < -0.3 is 23.8 Å². The van der Waals surface area contributed by atoms with Gasteiger partial charge in [-0.05, 0) is 72.6 Å². The Bertz CT molecular complexity index is 1310. The van der Waals surface area contributed by atoms with E-state index in [-0.39, 0.29) is 31.0 Å². The normalized spacial score (nSPS) is 25.7. The molecule has 240 valence electrons. The highest BCUT2D eigenvalue weighted by atomic mass is 16.5. The van der Waals surface area contributed by atoms with Gasteiger partial charge in [-0.1, -0.05) is 65.3 Å². The third kappa shape index (κ3) is 6.38. The SMILES string of the molecule is CCOC(=O)[C@@H]1[C@@H](C(C)(C)C)[C@H](OCc2cc(C3CCC3)cnc2OC)[C@H](c2ccccc2C(C)C)N1C(=O)[C@@H]1CCCO1. The van der Waals surface area contributed by atoms with Crippen LogP contribution in [0.1, 0.15) is 114 Å². The molecular weight excluding hydrogens is 556 g/mol. The molecule has 0 N–H and O–H groups in total. The van der Waals surface area contributed by atoms with Crippen molar-refractivity contribution >= 4 is 11.9 Å². The number of nitrogens with zero attached hydrogens (tertiary/aromatic N) is 2. The molecule has 0 spiro atoms. The number of carbonyl (C=O) groups is 2. The fraction of sp³-hybridized carbons (Fsp3) is 0.639. The van der Waals surface area contributed by atoms with Gasteiger partial charge in [0.05, 0.1) is 32.5 Å². The molecule has 1 saturated carbocycles. The Morgan fingerprint density at radius 2 is 1.86 bits per heavy atom. The van der Waals surface area contributed by atoms with Crippen molar-refractivity contribution in [3.05, 3.63) is 58.8 Å². The largest absolute Gasteiger partial charge is 0.481 e. The third-order valence-electron chi connectivity index (χ3n) is 9.68. The second kappa shape index (κ2) is 13.6. The standard InChI is InChI=1S/C36H50N2O6/c1-8-42-35(40)31-29(36(4,5)6)32(44-21-25-19-24(23-13-11-14-23)20-37-33(25)41-7)30(27-16-10-9-15-26(27)22(2)3)38(31)34(39)28-17-12-18-43-28/h9-10,15-16,19-20,22-23,28-32H,8,11-14,17-18,21H2,1-7H3/t28-,29+,30-,31-,32-/m0/s1. The van der Waals surface area contributed by atoms with Crippen LogP contribution in [0.25, 0.3) is 0 Å². The van der Waals surface area contributed by atoms with Gasteiger partial charge in [0.15, 0.2) is 0 Å². The van der Waals surface area contributed by atoms with Gasteiger partial charge in [-0.15, -0.1) is 0 Å². The Balaban J connectivity index is 1.64. The zero-order valence-electron chi connectivity index (χ0n) is 27.5. The molecule has 0 bridgehead atoms. The smallest absolute Gasteiger partial charge is 0.329 e. The Morgan fingerprint density at radius 1 is 1.11 bits per heavy atom. The molecule has 0 unspecified atom stereocenters. The van der Waals surface area contributed by atoms with Crippen LogP contribution in [0, 0.1) is 11.3 Å². The molecular formula is C36H50N2O6. The van der Waals surface area contributed by atoms with Crippen molar-refractivity contribution in [2.24, 2.45) is 11.3 Å². The number of amides is 1.